The van der Waals surface area contributed by atoms with Crippen molar-refractivity contribution in [3.05, 3.63) is 53.6 Å². The second-order valence-electron chi connectivity index (χ2n) is 10.8. The zero-order valence-corrected chi connectivity index (χ0v) is 25.6. The minimum absolute atomic E-state index is 0.000836. The van der Waals surface area contributed by atoms with Gasteiger partial charge < -0.3 is 68.9 Å². The number of carbonyl (C=O) groups is 1. The topological polar surface area (TPSA) is 223 Å². The Labute approximate surface area is 264 Å². The van der Waals surface area contributed by atoms with E-state index >= 15 is 0 Å². The molecule has 2 heterocycles. The summed E-state index contributed by atoms with van der Waals surface area (Å²) in [4.78, 5) is 13.2. The molecule has 0 spiro atoms. The second kappa shape index (κ2) is 14.9. The van der Waals surface area contributed by atoms with Gasteiger partial charge in [0.15, 0.2) is 47.3 Å². The van der Waals surface area contributed by atoms with E-state index in [1.165, 1.54) is 63.6 Å². The molecule has 2 aliphatic rings. The van der Waals surface area contributed by atoms with Gasteiger partial charge in [-0.15, -0.1) is 0 Å². The molecule has 10 atom stereocenters. The Kier molecular flexibility index (Phi) is 11.5. The number of benzene rings is 2. The van der Waals surface area contributed by atoms with Crippen LogP contribution in [0.4, 0.5) is 0 Å². The van der Waals surface area contributed by atoms with E-state index in [1.807, 2.05) is 0 Å². The first-order chi connectivity index (χ1) is 21.9. The van der Waals surface area contributed by atoms with Gasteiger partial charge in [-0.2, -0.15) is 0 Å². The third-order valence-corrected chi connectivity index (χ3v) is 7.85. The van der Waals surface area contributed by atoms with Gasteiger partial charge in [0.25, 0.3) is 0 Å². The summed E-state index contributed by atoms with van der Waals surface area (Å²) >= 11 is 0. The number of phenolic OH excluding ortho intramolecular Hbond substituents is 2. The molecule has 15 nitrogen and oxygen atoms in total. The smallest absolute Gasteiger partial charge is 0.331 e. The van der Waals surface area contributed by atoms with Crippen LogP contribution < -0.4 is 9.47 Å². The second-order valence-corrected chi connectivity index (χ2v) is 10.8. The van der Waals surface area contributed by atoms with Crippen molar-refractivity contribution in [2.75, 3.05) is 27.4 Å². The number of rotatable bonds is 11. The number of esters is 1. The molecule has 0 unspecified atom stereocenters. The first kappa shape index (κ1) is 35.3. The molecule has 0 saturated carbocycles. The van der Waals surface area contributed by atoms with Crippen molar-refractivity contribution in [2.24, 2.45) is 0 Å². The zero-order chi connectivity index (χ0) is 33.8. The van der Waals surface area contributed by atoms with E-state index in [2.05, 4.69) is 0 Å². The molecule has 2 aromatic carbocycles. The fourth-order valence-corrected chi connectivity index (χ4v) is 5.34. The molecule has 0 radical (unpaired) electrons. The Morgan fingerprint density at radius 2 is 1.61 bits per heavy atom. The van der Waals surface area contributed by atoms with Gasteiger partial charge >= 0.3 is 5.97 Å². The Morgan fingerprint density at radius 3 is 2.24 bits per heavy atom. The highest BCUT2D eigenvalue weighted by atomic mass is 16.7. The lowest BCUT2D eigenvalue weighted by Gasteiger charge is -2.52. The fraction of sp³-hybridized carbons (Fsp3) is 0.516. The number of methoxy groups -OCH3 is 2. The lowest BCUT2D eigenvalue weighted by molar-refractivity contribution is -0.387. The predicted molar refractivity (Wildman–Crippen MR) is 157 cm³/mol. The number of aromatic hydroxyl groups is 2. The van der Waals surface area contributed by atoms with Crippen LogP contribution in [0.5, 0.6) is 23.0 Å². The molecule has 254 valence electrons. The van der Waals surface area contributed by atoms with E-state index in [9.17, 15) is 40.5 Å². The number of aliphatic hydroxyl groups is 5. The molecule has 2 aliphatic heterocycles. The van der Waals surface area contributed by atoms with Crippen molar-refractivity contribution in [1.82, 2.24) is 0 Å². The van der Waals surface area contributed by atoms with Crippen LogP contribution >= 0.6 is 0 Å². The molecule has 0 aromatic heterocycles. The normalized spacial score (nSPS) is 33.1. The molecule has 4 rings (SSSR count). The monoisotopic (exact) mass is 652 g/mol. The Hall–Kier alpha value is -3.51. The summed E-state index contributed by atoms with van der Waals surface area (Å²) in [5.74, 6) is -1.23. The van der Waals surface area contributed by atoms with Crippen LogP contribution in [0.3, 0.4) is 0 Å². The number of aliphatic hydroxyl groups excluding tert-OH is 4. The maximum Gasteiger partial charge on any atom is 0.331 e. The quantitative estimate of drug-likeness (QED) is 0.124. The average molecular weight is 653 g/mol. The summed E-state index contributed by atoms with van der Waals surface area (Å²) in [6.07, 6.45) is -11.6. The maximum absolute atomic E-state index is 13.2. The van der Waals surface area contributed by atoms with Crippen molar-refractivity contribution in [3.63, 3.8) is 0 Å². The fourth-order valence-electron chi connectivity index (χ4n) is 5.34. The lowest BCUT2D eigenvalue weighted by Crippen LogP contribution is -2.69. The number of ether oxygens (including phenoxy) is 7. The number of hydrogen-bond acceptors (Lipinski definition) is 15. The van der Waals surface area contributed by atoms with Crippen LogP contribution in [0.15, 0.2) is 42.5 Å². The van der Waals surface area contributed by atoms with Crippen molar-refractivity contribution < 1.29 is 73.7 Å². The molecule has 46 heavy (non-hydrogen) atoms. The third kappa shape index (κ3) is 7.07. The van der Waals surface area contributed by atoms with Crippen molar-refractivity contribution >= 4 is 12.0 Å². The number of phenols is 2. The first-order valence-corrected chi connectivity index (χ1v) is 14.5. The van der Waals surface area contributed by atoms with E-state index in [1.54, 1.807) is 6.92 Å². The van der Waals surface area contributed by atoms with Gasteiger partial charge in [0.2, 0.25) is 0 Å². The van der Waals surface area contributed by atoms with E-state index in [4.69, 9.17) is 33.2 Å². The summed E-state index contributed by atoms with van der Waals surface area (Å²) in [5.41, 5.74) is -1.95. The summed E-state index contributed by atoms with van der Waals surface area (Å²) in [6, 6.07) is 8.17. The highest BCUT2D eigenvalue weighted by Crippen LogP contribution is 2.45. The van der Waals surface area contributed by atoms with Crippen molar-refractivity contribution in [3.8, 4) is 23.0 Å². The highest BCUT2D eigenvalue weighted by molar-refractivity contribution is 5.87. The lowest BCUT2D eigenvalue weighted by atomic mass is 9.80. The maximum atomic E-state index is 13.2. The van der Waals surface area contributed by atoms with Gasteiger partial charge in [-0.3, -0.25) is 0 Å². The largest absolute Gasteiger partial charge is 0.504 e. The average Bonchev–Trinajstić information content (AvgIpc) is 3.05. The SMILES string of the molecule is CCO[C@@H]1O[C@H](CO)[C@@H](OC(=O)/C=C/c2ccc(O)c(OC)c2)[C@H](O[C@@H]2O[C@@H](C)[C@H](O)[C@@H](O)[C@H]2O)[C@]1(O)c1ccc(O)c(OC)c1. The standard InChI is InChI=1S/C31H40O15/c1-5-42-30-31(39,17-8-10-19(34)21(13-17)41-4)28(46-29-26(38)25(37)24(36)15(2)43-29)27(22(14-32)44-30)45-23(35)11-7-16-6-9-18(33)20(12-16)40-3/h6-13,15,22,24-30,32-34,36-39H,5,14H2,1-4H3/b11-7+/t15-,22+,24-,25+,26+,27+,28-,29-,30+,31+/m0/s1. The van der Waals surface area contributed by atoms with Crippen LogP contribution in [0.1, 0.15) is 25.0 Å². The van der Waals surface area contributed by atoms with Crippen LogP contribution in [0.25, 0.3) is 6.08 Å². The Bertz CT molecular complexity index is 1370. The molecule has 15 heteroatoms. The van der Waals surface area contributed by atoms with Gasteiger partial charge in [-0.1, -0.05) is 12.1 Å². The third-order valence-electron chi connectivity index (χ3n) is 7.85. The van der Waals surface area contributed by atoms with Crippen LogP contribution in [0.2, 0.25) is 0 Å². The molecule has 0 amide bonds. The molecule has 2 fully saturated rings. The van der Waals surface area contributed by atoms with Gasteiger partial charge in [-0.05, 0) is 55.3 Å². The van der Waals surface area contributed by atoms with E-state index in [0.717, 1.165) is 6.08 Å². The van der Waals surface area contributed by atoms with Gasteiger partial charge in [0, 0.05) is 12.7 Å². The molecule has 2 aromatic rings. The van der Waals surface area contributed by atoms with Crippen LogP contribution in [-0.4, -0.2) is 124 Å². The van der Waals surface area contributed by atoms with E-state index in [-0.39, 0.29) is 35.2 Å². The highest BCUT2D eigenvalue weighted by Gasteiger charge is 2.61. The molecule has 2 saturated heterocycles. The molecule has 0 bridgehead atoms. The van der Waals surface area contributed by atoms with Crippen LogP contribution in [-0.2, 0) is 34.1 Å². The summed E-state index contributed by atoms with van der Waals surface area (Å²) in [7, 11) is 2.65. The molecular formula is C31H40O15. The minimum Gasteiger partial charge on any atom is -0.504 e. The predicted octanol–water partition coefficient (Wildman–Crippen LogP) is -0.106. The zero-order valence-electron chi connectivity index (χ0n) is 25.6. The first-order valence-electron chi connectivity index (χ1n) is 14.5. The Balaban J connectivity index is 1.79. The van der Waals surface area contributed by atoms with Crippen LogP contribution in [0, 0.1) is 0 Å². The van der Waals surface area contributed by atoms with Gasteiger partial charge in [0.1, 0.15) is 30.5 Å². The molecule has 0 aliphatic carbocycles. The minimum atomic E-state index is -2.41. The van der Waals surface area contributed by atoms with Gasteiger partial charge in [0.05, 0.1) is 26.9 Å². The molecular weight excluding hydrogens is 612 g/mol. The number of carbonyl (C=O) groups excluding carboxylic acids is 1. The summed E-state index contributed by atoms with van der Waals surface area (Å²) in [6.45, 7) is 2.30. The van der Waals surface area contributed by atoms with E-state index < -0.39 is 73.5 Å². The van der Waals surface area contributed by atoms with E-state index in [0.29, 0.717) is 5.56 Å². The summed E-state index contributed by atoms with van der Waals surface area (Å²) < 4.78 is 39.5. The Morgan fingerprint density at radius 1 is 0.957 bits per heavy atom. The molecule has 7 N–H and O–H groups in total. The summed E-state index contributed by atoms with van der Waals surface area (Å²) in [5, 5.41) is 74.4. The van der Waals surface area contributed by atoms with Crippen molar-refractivity contribution in [2.45, 2.75) is 74.8 Å². The number of hydrogen-bond donors (Lipinski definition) is 7. The van der Waals surface area contributed by atoms with Crippen molar-refractivity contribution in [1.29, 1.82) is 0 Å². The van der Waals surface area contributed by atoms with Gasteiger partial charge in [-0.25, -0.2) is 4.79 Å².